The molecule has 16 heavy (non-hydrogen) atoms. The van der Waals surface area contributed by atoms with Crippen LogP contribution in [0.3, 0.4) is 0 Å². The van der Waals surface area contributed by atoms with Crippen LogP contribution in [0.2, 0.25) is 0 Å². The van der Waals surface area contributed by atoms with Crippen LogP contribution in [0.15, 0.2) is 24.3 Å². The van der Waals surface area contributed by atoms with E-state index in [1.807, 2.05) is 0 Å². The van der Waals surface area contributed by atoms with Gasteiger partial charge in [0.05, 0.1) is 6.61 Å². The molecule has 0 aromatic heterocycles. The van der Waals surface area contributed by atoms with Crippen molar-refractivity contribution in [3.63, 3.8) is 0 Å². The molecule has 0 saturated carbocycles. The van der Waals surface area contributed by atoms with Gasteiger partial charge in [0.25, 0.3) is 0 Å². The Bertz CT molecular complexity index is 341. The van der Waals surface area contributed by atoms with Gasteiger partial charge in [0.2, 0.25) is 0 Å². The first-order chi connectivity index (χ1) is 7.63. The molecule has 6 heteroatoms. The Balaban J connectivity index is 2.74. The Morgan fingerprint density at radius 1 is 1.44 bits per heavy atom. The lowest BCUT2D eigenvalue weighted by Crippen LogP contribution is -2.05. The molecule has 5 nitrogen and oxygen atoms in total. The fourth-order valence-corrected chi connectivity index (χ4v) is 2.07. The maximum absolute atomic E-state index is 10.4. The first kappa shape index (κ1) is 12.7. The maximum Gasteiger partial charge on any atom is 0.115 e. The average Bonchev–Trinajstić information content (AvgIpc) is 2.25. The highest BCUT2D eigenvalue weighted by atomic mass is 32.2. The lowest BCUT2D eigenvalue weighted by Gasteiger charge is -2.20. The summed E-state index contributed by atoms with van der Waals surface area (Å²) in [6.45, 7) is 0.956. The molecular weight excluding hydrogens is 230 g/mol. The molecule has 1 rings (SSSR count). The molecule has 0 amide bonds. The van der Waals surface area contributed by atoms with Crippen molar-refractivity contribution in [3.05, 3.63) is 46.5 Å². The standard InChI is InChI=1S/C10H12NO4S/c12-5-6-16-10(7-11(14)15)8-1-3-9(13)4-2-8/h1-4,7,10,12-13H,5-6H2/q-1. The normalized spacial score (nSPS) is 12.1. The molecule has 0 heterocycles. The van der Waals surface area contributed by atoms with Crippen LogP contribution in [-0.4, -0.2) is 27.5 Å². The number of phenols is 1. The third-order valence-corrected chi connectivity index (χ3v) is 3.04. The first-order valence-corrected chi connectivity index (χ1v) is 5.68. The Labute approximate surface area is 97.3 Å². The largest absolute Gasteiger partial charge is 0.508 e. The number of aromatic hydroxyl groups is 1. The van der Waals surface area contributed by atoms with Gasteiger partial charge in [-0.05, 0) is 23.9 Å². The lowest BCUT2D eigenvalue weighted by molar-refractivity contribution is -0.437. The van der Waals surface area contributed by atoms with Crippen LogP contribution in [0.1, 0.15) is 10.8 Å². The van der Waals surface area contributed by atoms with E-state index < -0.39 is 10.2 Å². The van der Waals surface area contributed by atoms with Gasteiger partial charge in [-0.3, -0.25) is 10.1 Å². The molecule has 88 valence electrons. The number of hydrogen-bond acceptors (Lipinski definition) is 5. The molecule has 0 aliphatic heterocycles. The van der Waals surface area contributed by atoms with Gasteiger partial charge in [0.1, 0.15) is 5.75 Å². The quantitative estimate of drug-likeness (QED) is 0.449. The molecule has 0 fully saturated rings. The second kappa shape index (κ2) is 6.24. The summed E-state index contributed by atoms with van der Waals surface area (Å²) in [5.41, 5.74) is 0.730. The highest BCUT2D eigenvalue weighted by Crippen LogP contribution is 2.31. The Kier molecular flexibility index (Phi) is 4.94. The minimum absolute atomic E-state index is 0.0230. The van der Waals surface area contributed by atoms with E-state index in [-0.39, 0.29) is 12.4 Å². The zero-order valence-electron chi connectivity index (χ0n) is 8.44. The summed E-state index contributed by atoms with van der Waals surface area (Å²) in [6.07, 6.45) is 0. The lowest BCUT2D eigenvalue weighted by atomic mass is 10.1. The van der Waals surface area contributed by atoms with Crippen molar-refractivity contribution in [1.82, 2.24) is 0 Å². The third kappa shape index (κ3) is 4.00. The fraction of sp³-hybridized carbons (Fsp3) is 0.300. The first-order valence-electron chi connectivity index (χ1n) is 4.63. The average molecular weight is 242 g/mol. The molecule has 2 N–H and O–H groups in total. The molecule has 1 atom stereocenters. The second-order valence-corrected chi connectivity index (χ2v) is 4.29. The summed E-state index contributed by atoms with van der Waals surface area (Å²) in [6, 6.07) is 6.22. The number of aliphatic hydroxyl groups is 1. The molecule has 1 aromatic carbocycles. The molecule has 0 bridgehead atoms. The molecule has 1 unspecified atom stereocenters. The molecule has 0 aliphatic carbocycles. The number of hydrogen-bond donors (Lipinski definition) is 2. The number of rotatable bonds is 6. The van der Waals surface area contributed by atoms with Gasteiger partial charge in [-0.2, -0.15) is 11.8 Å². The monoisotopic (exact) mass is 242 g/mol. The van der Waals surface area contributed by atoms with E-state index >= 15 is 0 Å². The van der Waals surface area contributed by atoms with Gasteiger partial charge in [-0.15, -0.1) is 4.92 Å². The summed E-state index contributed by atoms with van der Waals surface area (Å²) < 4.78 is 0. The number of nitrogens with zero attached hydrogens (tertiary/aromatic N) is 1. The summed E-state index contributed by atoms with van der Waals surface area (Å²) in [4.78, 5) is 9.94. The van der Waals surface area contributed by atoms with Crippen molar-refractivity contribution in [2.75, 3.05) is 12.4 Å². The topological polar surface area (TPSA) is 83.6 Å². The van der Waals surface area contributed by atoms with Crippen LogP contribution in [0, 0.1) is 16.7 Å². The zero-order chi connectivity index (χ0) is 12.0. The van der Waals surface area contributed by atoms with Crippen molar-refractivity contribution in [2.45, 2.75) is 5.25 Å². The van der Waals surface area contributed by atoms with Crippen LogP contribution in [-0.2, 0) is 0 Å². The van der Waals surface area contributed by atoms with Crippen LogP contribution in [0.4, 0.5) is 0 Å². The minimum atomic E-state index is -0.498. The highest BCUT2D eigenvalue weighted by Gasteiger charge is 2.08. The zero-order valence-corrected chi connectivity index (χ0v) is 9.26. The number of thioether (sulfide) groups is 1. The fourth-order valence-electron chi connectivity index (χ4n) is 1.18. The van der Waals surface area contributed by atoms with Crippen LogP contribution in [0.25, 0.3) is 0 Å². The van der Waals surface area contributed by atoms with E-state index in [9.17, 15) is 10.1 Å². The highest BCUT2D eigenvalue weighted by molar-refractivity contribution is 7.99. The predicted molar refractivity (Wildman–Crippen MR) is 61.7 cm³/mol. The molecule has 0 spiro atoms. The van der Waals surface area contributed by atoms with Gasteiger partial charge >= 0.3 is 0 Å². The molecule has 0 saturated heterocycles. The SMILES string of the molecule is O=[N+]([O-])[CH-]C(SCCO)c1ccc(O)cc1. The molecule has 0 radical (unpaired) electrons. The van der Waals surface area contributed by atoms with Crippen molar-refractivity contribution >= 4 is 11.8 Å². The van der Waals surface area contributed by atoms with E-state index in [0.717, 1.165) is 12.1 Å². The number of nitro groups is 1. The predicted octanol–water partition coefficient (Wildman–Crippen LogP) is 1.60. The van der Waals surface area contributed by atoms with Crippen molar-refractivity contribution < 1.29 is 15.1 Å². The molecule has 1 aromatic rings. The van der Waals surface area contributed by atoms with E-state index in [1.165, 1.54) is 23.9 Å². The van der Waals surface area contributed by atoms with Crippen LogP contribution >= 0.6 is 11.8 Å². The van der Waals surface area contributed by atoms with E-state index in [4.69, 9.17) is 10.2 Å². The van der Waals surface area contributed by atoms with Crippen LogP contribution < -0.4 is 0 Å². The van der Waals surface area contributed by atoms with E-state index in [2.05, 4.69) is 0 Å². The second-order valence-electron chi connectivity index (χ2n) is 3.04. The number of benzene rings is 1. The smallest absolute Gasteiger partial charge is 0.115 e. The van der Waals surface area contributed by atoms with Crippen LogP contribution in [0.5, 0.6) is 5.75 Å². The van der Waals surface area contributed by atoms with Gasteiger partial charge in [-0.25, -0.2) is 0 Å². The van der Waals surface area contributed by atoms with Gasteiger partial charge in [-0.1, -0.05) is 17.7 Å². The van der Waals surface area contributed by atoms with Gasteiger partial charge in [0, 0.05) is 5.75 Å². The van der Waals surface area contributed by atoms with E-state index in [0.29, 0.717) is 5.75 Å². The number of aliphatic hydroxyl groups excluding tert-OH is 1. The Hall–Kier alpha value is -1.40. The minimum Gasteiger partial charge on any atom is -0.508 e. The third-order valence-electron chi connectivity index (χ3n) is 1.87. The molecular formula is C10H12NO4S-. The molecule has 0 aliphatic rings. The Morgan fingerprint density at radius 3 is 2.56 bits per heavy atom. The van der Waals surface area contributed by atoms with Gasteiger partial charge < -0.3 is 10.2 Å². The summed E-state index contributed by atoms with van der Waals surface area (Å²) in [5, 5.41) is 27.8. The van der Waals surface area contributed by atoms with Gasteiger partial charge in [0.15, 0.2) is 0 Å². The van der Waals surface area contributed by atoms with E-state index in [1.54, 1.807) is 12.1 Å². The summed E-state index contributed by atoms with van der Waals surface area (Å²) in [7, 11) is 0. The number of phenolic OH excluding ortho intramolecular Hbond substituents is 1. The maximum atomic E-state index is 10.4. The van der Waals surface area contributed by atoms with Crippen molar-refractivity contribution in [2.24, 2.45) is 0 Å². The summed E-state index contributed by atoms with van der Waals surface area (Å²) in [5.74, 6) is 0.548. The summed E-state index contributed by atoms with van der Waals surface area (Å²) >= 11 is 1.28. The van der Waals surface area contributed by atoms with Crippen molar-refractivity contribution in [3.8, 4) is 5.75 Å². The Morgan fingerprint density at radius 2 is 2.06 bits per heavy atom. The van der Waals surface area contributed by atoms with Crippen molar-refractivity contribution in [1.29, 1.82) is 0 Å².